The zero-order valence-corrected chi connectivity index (χ0v) is 22.3. The standard InChI is InChI=1S/C18H34O4.2K.2H/c19-17(20)15-13-11-9-7-5-3-1-2-4-6-8-10-12-14-16-18(21)22;;;;/h1-16H2,(H,19,20)(H,21,22);;;;/q;2*+1;2*-1. The molecule has 0 saturated carbocycles. The molecule has 2 N–H and O–H groups in total. The number of hydrogen-bond donors (Lipinski definition) is 2. The van der Waals surface area contributed by atoms with Gasteiger partial charge in [0.15, 0.2) is 0 Å². The molecule has 134 valence electrons. The van der Waals surface area contributed by atoms with E-state index in [-0.39, 0.29) is 106 Å². The summed E-state index contributed by atoms with van der Waals surface area (Å²) in [7, 11) is 0. The number of hydrogen-bond acceptors (Lipinski definition) is 2. The van der Waals surface area contributed by atoms with Gasteiger partial charge in [0.05, 0.1) is 0 Å². The summed E-state index contributed by atoms with van der Waals surface area (Å²) >= 11 is 0. The van der Waals surface area contributed by atoms with E-state index in [0.29, 0.717) is 12.8 Å². The van der Waals surface area contributed by atoms with Crippen molar-refractivity contribution in [2.75, 3.05) is 0 Å². The summed E-state index contributed by atoms with van der Waals surface area (Å²) in [6.07, 6.45) is 17.0. The average Bonchev–Trinajstić information content (AvgIpc) is 2.46. The Kier molecular flexibility index (Phi) is 32.5. The largest absolute Gasteiger partial charge is 1.00 e. The van der Waals surface area contributed by atoms with Crippen molar-refractivity contribution in [1.29, 1.82) is 0 Å². The molecule has 0 aliphatic heterocycles. The molecule has 0 bridgehead atoms. The van der Waals surface area contributed by atoms with Gasteiger partial charge >= 0.3 is 115 Å². The Bertz CT molecular complexity index is 268. The molecule has 24 heavy (non-hydrogen) atoms. The zero-order chi connectivity index (χ0) is 16.5. The van der Waals surface area contributed by atoms with E-state index in [2.05, 4.69) is 0 Å². The number of carbonyl (C=O) groups is 2. The van der Waals surface area contributed by atoms with E-state index in [4.69, 9.17) is 10.2 Å². The van der Waals surface area contributed by atoms with Crippen molar-refractivity contribution in [2.45, 2.75) is 103 Å². The molecule has 0 unspecified atom stereocenters. The summed E-state index contributed by atoms with van der Waals surface area (Å²) in [5, 5.41) is 17.0. The molecule has 6 heteroatoms. The smallest absolute Gasteiger partial charge is 1.00 e. The molecule has 0 aliphatic carbocycles. The fourth-order valence-electron chi connectivity index (χ4n) is 2.67. The number of carboxylic acids is 2. The Labute approximate surface area is 236 Å². The Hall–Kier alpha value is 2.21. The molecule has 0 aromatic rings. The summed E-state index contributed by atoms with van der Waals surface area (Å²) in [6.45, 7) is 0. The minimum atomic E-state index is -0.679. The predicted octanol–water partition coefficient (Wildman–Crippen LogP) is -0.370. The van der Waals surface area contributed by atoms with E-state index < -0.39 is 11.9 Å². The molecule has 0 spiro atoms. The second-order valence-electron chi connectivity index (χ2n) is 6.24. The second-order valence-corrected chi connectivity index (χ2v) is 6.24. The van der Waals surface area contributed by atoms with Crippen LogP contribution in [0.5, 0.6) is 0 Å². The third-order valence-electron chi connectivity index (χ3n) is 4.03. The summed E-state index contributed by atoms with van der Waals surface area (Å²) in [4.78, 5) is 20.7. The molecular formula is C18H36K2O4. The molecule has 0 saturated heterocycles. The van der Waals surface area contributed by atoms with Crippen molar-refractivity contribution < 1.29 is 125 Å². The van der Waals surface area contributed by atoms with E-state index in [0.717, 1.165) is 25.7 Å². The van der Waals surface area contributed by atoms with Crippen LogP contribution in [0.2, 0.25) is 0 Å². The average molecular weight is 395 g/mol. The van der Waals surface area contributed by atoms with Gasteiger partial charge in [-0.1, -0.05) is 77.0 Å². The van der Waals surface area contributed by atoms with Crippen LogP contribution in [0.25, 0.3) is 0 Å². The predicted molar refractivity (Wildman–Crippen MR) is 91.4 cm³/mol. The first-order chi connectivity index (χ1) is 10.6. The SMILES string of the molecule is O=C(O)CCCCCCCCCCCCCCCCC(=O)O.[H-].[H-].[K+].[K+]. The van der Waals surface area contributed by atoms with Crippen LogP contribution in [0.3, 0.4) is 0 Å². The number of rotatable bonds is 17. The maximum absolute atomic E-state index is 10.3. The van der Waals surface area contributed by atoms with Crippen molar-refractivity contribution in [3.8, 4) is 0 Å². The minimum Gasteiger partial charge on any atom is -1.00 e. The first-order valence-electron chi connectivity index (χ1n) is 9.06. The molecule has 0 rings (SSSR count). The number of aliphatic carboxylic acids is 2. The summed E-state index contributed by atoms with van der Waals surface area (Å²) < 4.78 is 0. The van der Waals surface area contributed by atoms with Crippen molar-refractivity contribution in [3.63, 3.8) is 0 Å². The molecule has 0 aromatic carbocycles. The minimum absolute atomic E-state index is 0. The summed E-state index contributed by atoms with van der Waals surface area (Å²) in [5.74, 6) is -1.36. The third-order valence-corrected chi connectivity index (χ3v) is 4.03. The van der Waals surface area contributed by atoms with Gasteiger partial charge in [0.2, 0.25) is 0 Å². The van der Waals surface area contributed by atoms with Crippen LogP contribution in [-0.2, 0) is 9.59 Å². The topological polar surface area (TPSA) is 74.6 Å². The van der Waals surface area contributed by atoms with Gasteiger partial charge in [-0.15, -0.1) is 0 Å². The van der Waals surface area contributed by atoms with Crippen LogP contribution >= 0.6 is 0 Å². The normalized spacial score (nSPS) is 9.83. The molecular weight excluding hydrogens is 358 g/mol. The molecule has 0 radical (unpaired) electrons. The van der Waals surface area contributed by atoms with Crippen molar-refractivity contribution in [3.05, 3.63) is 0 Å². The molecule has 0 amide bonds. The van der Waals surface area contributed by atoms with Gasteiger partial charge in [-0.05, 0) is 12.8 Å². The van der Waals surface area contributed by atoms with Gasteiger partial charge in [0.1, 0.15) is 0 Å². The van der Waals surface area contributed by atoms with E-state index >= 15 is 0 Å². The molecule has 0 aromatic heterocycles. The molecule has 0 aliphatic rings. The van der Waals surface area contributed by atoms with E-state index in [1.54, 1.807) is 0 Å². The fourth-order valence-corrected chi connectivity index (χ4v) is 2.67. The summed E-state index contributed by atoms with van der Waals surface area (Å²) in [6, 6.07) is 0. The second kappa shape index (κ2) is 25.2. The molecule has 0 atom stereocenters. The first kappa shape index (κ1) is 30.9. The van der Waals surface area contributed by atoms with Gasteiger partial charge in [0.25, 0.3) is 0 Å². The Morgan fingerprint density at radius 2 is 0.625 bits per heavy atom. The zero-order valence-electron chi connectivity index (χ0n) is 18.0. The fraction of sp³-hybridized carbons (Fsp3) is 0.889. The van der Waals surface area contributed by atoms with E-state index in [1.807, 2.05) is 0 Å². The molecule has 0 heterocycles. The molecule has 0 fully saturated rings. The van der Waals surface area contributed by atoms with Crippen molar-refractivity contribution >= 4 is 11.9 Å². The van der Waals surface area contributed by atoms with Crippen molar-refractivity contribution in [2.24, 2.45) is 0 Å². The maximum Gasteiger partial charge on any atom is 1.00 e. The van der Waals surface area contributed by atoms with Crippen molar-refractivity contribution in [1.82, 2.24) is 0 Å². The van der Waals surface area contributed by atoms with Crippen LogP contribution in [0.15, 0.2) is 0 Å². The Balaban J connectivity index is -0.000000367. The van der Waals surface area contributed by atoms with E-state index in [1.165, 1.54) is 64.2 Å². The van der Waals surface area contributed by atoms with Crippen LogP contribution in [0, 0.1) is 0 Å². The number of unbranched alkanes of at least 4 members (excludes halogenated alkanes) is 13. The van der Waals surface area contributed by atoms with Crippen LogP contribution in [0.4, 0.5) is 0 Å². The van der Waals surface area contributed by atoms with Gasteiger partial charge in [-0.25, -0.2) is 0 Å². The van der Waals surface area contributed by atoms with Crippen LogP contribution in [-0.4, -0.2) is 22.2 Å². The number of carboxylic acid groups (broad SMARTS) is 2. The summed E-state index contributed by atoms with van der Waals surface area (Å²) in [5.41, 5.74) is 0. The van der Waals surface area contributed by atoms with E-state index in [9.17, 15) is 9.59 Å². The van der Waals surface area contributed by atoms with Crippen LogP contribution in [0.1, 0.15) is 106 Å². The van der Waals surface area contributed by atoms with Gasteiger partial charge < -0.3 is 13.1 Å². The Morgan fingerprint density at radius 1 is 0.458 bits per heavy atom. The van der Waals surface area contributed by atoms with Gasteiger partial charge in [-0.2, -0.15) is 0 Å². The third kappa shape index (κ3) is 29.0. The Morgan fingerprint density at radius 3 is 0.792 bits per heavy atom. The first-order valence-corrected chi connectivity index (χ1v) is 9.06. The van der Waals surface area contributed by atoms with Crippen LogP contribution < -0.4 is 103 Å². The maximum atomic E-state index is 10.3. The monoisotopic (exact) mass is 394 g/mol. The van der Waals surface area contributed by atoms with Gasteiger partial charge in [0, 0.05) is 12.8 Å². The quantitative estimate of drug-likeness (QED) is 0.261. The molecule has 4 nitrogen and oxygen atoms in total. The van der Waals surface area contributed by atoms with Gasteiger partial charge in [-0.3, -0.25) is 9.59 Å².